The molecule has 0 aliphatic carbocycles. The molecule has 2 unspecified atom stereocenters. The third kappa shape index (κ3) is 18.3. The Balaban J connectivity index is 1.21. The van der Waals surface area contributed by atoms with E-state index in [9.17, 15) is 19.2 Å². The molecule has 0 fully saturated rings. The molecule has 5 rings (SSSR count). The van der Waals surface area contributed by atoms with E-state index < -0.39 is 30.0 Å². The van der Waals surface area contributed by atoms with Crippen LogP contribution in [0.3, 0.4) is 0 Å². The van der Waals surface area contributed by atoms with Crippen LogP contribution in [0.4, 0.5) is 5.13 Å². The minimum atomic E-state index is -0.706. The summed E-state index contributed by atoms with van der Waals surface area (Å²) < 4.78 is 40.3. The van der Waals surface area contributed by atoms with Crippen molar-refractivity contribution in [1.82, 2.24) is 4.98 Å². The molecule has 350 valence electrons. The van der Waals surface area contributed by atoms with Gasteiger partial charge in [-0.3, -0.25) is 0 Å². The monoisotopic (exact) mass is 928 g/mol. The highest BCUT2D eigenvalue weighted by molar-refractivity contribution is 7.22. The number of benzene rings is 4. The molecule has 67 heavy (non-hydrogen) atoms. The van der Waals surface area contributed by atoms with E-state index in [1.807, 2.05) is 88.4 Å². The maximum Gasteiger partial charge on any atom is 0.336 e. The number of hydrogen-bond donors (Lipinski definition) is 1. The number of ether oxygens (including phenoxy) is 7. The van der Waals surface area contributed by atoms with Gasteiger partial charge in [0.05, 0.1) is 23.4 Å². The lowest BCUT2D eigenvalue weighted by atomic mass is 10.1. The van der Waals surface area contributed by atoms with Crippen LogP contribution in [0.5, 0.6) is 23.0 Å². The second-order valence-electron chi connectivity index (χ2n) is 15.8. The maximum atomic E-state index is 13.2. The molecule has 0 aliphatic rings. The molecule has 0 saturated carbocycles. The van der Waals surface area contributed by atoms with Crippen molar-refractivity contribution < 1.29 is 52.3 Å². The summed E-state index contributed by atoms with van der Waals surface area (Å²) in [6, 6.07) is 26.9. The van der Waals surface area contributed by atoms with Gasteiger partial charge in [0, 0.05) is 42.5 Å². The number of carbonyl (C=O) groups excluding carboxylic acids is 4. The fourth-order valence-electron chi connectivity index (χ4n) is 5.98. The van der Waals surface area contributed by atoms with Crippen LogP contribution in [-0.4, -0.2) is 73.0 Å². The van der Waals surface area contributed by atoms with Crippen molar-refractivity contribution >= 4 is 68.8 Å². The summed E-state index contributed by atoms with van der Waals surface area (Å²) in [5.74, 6) is -0.579. The Morgan fingerprint density at radius 2 is 1.37 bits per heavy atom. The average molecular weight is 929 g/mol. The topological polar surface area (TPSA) is 158 Å². The lowest BCUT2D eigenvalue weighted by Crippen LogP contribution is -2.29. The SMILES string of the molecule is C=CC(=O)OCCCCOCC(COc1ccc(/C=C/C(=O)Oc2ccc(OC(=O)/C=C/c3ccc(OC(C)(C)C)cc3)cc2/C=C/C(CC)Nc2nc3ccccc3s2)cc1)OC(=O)C=C. The van der Waals surface area contributed by atoms with Crippen molar-refractivity contribution in [1.29, 1.82) is 0 Å². The first-order chi connectivity index (χ1) is 32.3. The highest BCUT2D eigenvalue weighted by Gasteiger charge is 2.16. The number of hydrogen-bond acceptors (Lipinski definition) is 14. The van der Waals surface area contributed by atoms with E-state index in [0.717, 1.165) is 45.2 Å². The van der Waals surface area contributed by atoms with E-state index in [1.165, 1.54) is 12.2 Å². The van der Waals surface area contributed by atoms with Crippen molar-refractivity contribution in [2.75, 3.05) is 31.7 Å². The molecule has 0 radical (unpaired) electrons. The van der Waals surface area contributed by atoms with Crippen molar-refractivity contribution in [3.63, 3.8) is 0 Å². The van der Waals surface area contributed by atoms with Crippen LogP contribution in [-0.2, 0) is 33.4 Å². The Morgan fingerprint density at radius 3 is 2.03 bits per heavy atom. The van der Waals surface area contributed by atoms with Crippen LogP contribution in [0.2, 0.25) is 0 Å². The van der Waals surface area contributed by atoms with Gasteiger partial charge in [-0.15, -0.1) is 0 Å². The molecule has 14 heteroatoms. The second kappa shape index (κ2) is 26.0. The summed E-state index contributed by atoms with van der Waals surface area (Å²) in [7, 11) is 0. The maximum absolute atomic E-state index is 13.2. The van der Waals surface area contributed by atoms with Gasteiger partial charge in [0.15, 0.2) is 11.2 Å². The predicted molar refractivity (Wildman–Crippen MR) is 262 cm³/mol. The van der Waals surface area contributed by atoms with E-state index in [-0.39, 0.29) is 43.0 Å². The van der Waals surface area contributed by atoms with Crippen LogP contribution in [0.15, 0.2) is 135 Å². The number of thiazole rings is 1. The zero-order valence-corrected chi connectivity index (χ0v) is 39.0. The number of unbranched alkanes of at least 4 members (excludes halogenated alkanes) is 1. The molecule has 0 spiro atoms. The Kier molecular flexibility index (Phi) is 19.7. The number of para-hydroxylation sites is 1. The highest BCUT2D eigenvalue weighted by Crippen LogP contribution is 2.29. The quantitative estimate of drug-likeness (QED) is 0.0255. The lowest BCUT2D eigenvalue weighted by molar-refractivity contribution is -0.148. The van der Waals surface area contributed by atoms with E-state index in [2.05, 4.69) is 18.5 Å². The molecule has 1 heterocycles. The van der Waals surface area contributed by atoms with Gasteiger partial charge in [0.1, 0.15) is 35.2 Å². The number of esters is 4. The molecule has 0 bridgehead atoms. The smallest absolute Gasteiger partial charge is 0.336 e. The van der Waals surface area contributed by atoms with E-state index in [1.54, 1.807) is 66.0 Å². The first-order valence-corrected chi connectivity index (χ1v) is 22.6. The highest BCUT2D eigenvalue weighted by atomic mass is 32.1. The summed E-state index contributed by atoms with van der Waals surface area (Å²) >= 11 is 1.56. The largest absolute Gasteiger partial charge is 0.490 e. The Bertz CT molecular complexity index is 2500. The van der Waals surface area contributed by atoms with Crippen LogP contribution in [0.25, 0.3) is 28.4 Å². The van der Waals surface area contributed by atoms with E-state index in [0.29, 0.717) is 36.3 Å². The lowest BCUT2D eigenvalue weighted by Gasteiger charge is -2.21. The van der Waals surface area contributed by atoms with Gasteiger partial charge in [0.2, 0.25) is 0 Å². The van der Waals surface area contributed by atoms with Crippen LogP contribution in [0.1, 0.15) is 63.6 Å². The number of rotatable bonds is 25. The predicted octanol–water partition coefficient (Wildman–Crippen LogP) is 10.6. The molecular formula is C53H56N2O11S. The molecule has 1 aromatic heterocycles. The number of nitrogens with zero attached hydrogens (tertiary/aromatic N) is 1. The third-order valence-corrected chi connectivity index (χ3v) is 10.2. The first-order valence-electron chi connectivity index (χ1n) is 21.7. The van der Waals surface area contributed by atoms with Crippen molar-refractivity contribution in [3.05, 3.63) is 151 Å². The fourth-order valence-corrected chi connectivity index (χ4v) is 6.91. The average Bonchev–Trinajstić information content (AvgIpc) is 3.73. The van der Waals surface area contributed by atoms with Gasteiger partial charge in [0.25, 0.3) is 0 Å². The fraction of sp³-hybridized carbons (Fsp3) is 0.264. The van der Waals surface area contributed by atoms with E-state index in [4.69, 9.17) is 38.1 Å². The number of anilines is 1. The summed E-state index contributed by atoms with van der Waals surface area (Å²) in [5, 5.41) is 4.25. The molecule has 0 aliphatic heterocycles. The first kappa shape index (κ1) is 50.7. The molecule has 1 N–H and O–H groups in total. The summed E-state index contributed by atoms with van der Waals surface area (Å²) in [6.07, 6.45) is 13.1. The minimum absolute atomic E-state index is 0.0170. The molecule has 0 amide bonds. The molecule has 0 saturated heterocycles. The normalized spacial score (nSPS) is 12.4. The zero-order valence-electron chi connectivity index (χ0n) is 38.1. The van der Waals surface area contributed by atoms with Crippen LogP contribution < -0.4 is 24.3 Å². The molecular weight excluding hydrogens is 873 g/mol. The van der Waals surface area contributed by atoms with Gasteiger partial charge >= 0.3 is 23.9 Å². The molecule has 4 aromatic carbocycles. The van der Waals surface area contributed by atoms with Crippen molar-refractivity contribution in [3.8, 4) is 23.0 Å². The number of fused-ring (bicyclic) bond motifs is 1. The Morgan fingerprint density at radius 1 is 0.731 bits per heavy atom. The van der Waals surface area contributed by atoms with Crippen molar-refractivity contribution in [2.24, 2.45) is 0 Å². The van der Waals surface area contributed by atoms with Gasteiger partial charge in [-0.05, 0) is 118 Å². The standard InChI is InChI=1S/C53H56N2O11S/c1-7-40(54-52-55-45-14-10-11-15-47(45)67-52)23-22-39-34-43(63-50(58)30-20-38-18-26-42(27-19-38)66-53(4,5)6)28-29-46(39)65-51(59)31-21-37-16-24-41(25-17-37)62-36-44(64-49(57)9-3)35-60-32-12-13-33-61-48(56)8-2/h8-11,14-31,34,40,44H,2-3,7,12-13,32-33,35-36H2,1,4-6H3,(H,54,55)/b23-22+,30-20+,31-21+. The van der Waals surface area contributed by atoms with Gasteiger partial charge in [-0.1, -0.05) is 80.0 Å². The molecule has 5 aromatic rings. The second-order valence-corrected chi connectivity index (χ2v) is 16.8. The number of nitrogens with one attached hydrogen (secondary N) is 1. The molecule has 13 nitrogen and oxygen atoms in total. The summed E-state index contributed by atoms with van der Waals surface area (Å²) in [4.78, 5) is 54.0. The van der Waals surface area contributed by atoms with Crippen LogP contribution in [0, 0.1) is 0 Å². The Labute approximate surface area is 395 Å². The summed E-state index contributed by atoms with van der Waals surface area (Å²) in [6.45, 7) is 15.5. The number of aromatic nitrogens is 1. The molecule has 2 atom stereocenters. The van der Waals surface area contributed by atoms with Gasteiger partial charge < -0.3 is 38.5 Å². The Hall–Kier alpha value is -7.29. The minimum Gasteiger partial charge on any atom is -0.490 e. The number of carbonyl (C=O) groups is 4. The van der Waals surface area contributed by atoms with Crippen LogP contribution >= 0.6 is 11.3 Å². The van der Waals surface area contributed by atoms with Crippen molar-refractivity contribution in [2.45, 2.75) is 64.7 Å². The summed E-state index contributed by atoms with van der Waals surface area (Å²) in [5.41, 5.74) is 2.57. The third-order valence-electron chi connectivity index (χ3n) is 9.25. The van der Waals surface area contributed by atoms with Gasteiger partial charge in [-0.2, -0.15) is 0 Å². The zero-order chi connectivity index (χ0) is 48.0. The van der Waals surface area contributed by atoms with E-state index >= 15 is 0 Å². The van der Waals surface area contributed by atoms with Gasteiger partial charge in [-0.25, -0.2) is 24.2 Å².